The first-order valence-corrected chi connectivity index (χ1v) is 10.4. The smallest absolute Gasteiger partial charge is 0.251 e. The van der Waals surface area contributed by atoms with Gasteiger partial charge in [0, 0.05) is 23.7 Å². The second-order valence-corrected chi connectivity index (χ2v) is 8.67. The van der Waals surface area contributed by atoms with Crippen molar-refractivity contribution in [1.82, 2.24) is 9.62 Å². The summed E-state index contributed by atoms with van der Waals surface area (Å²) < 4.78 is 32.1. The van der Waals surface area contributed by atoms with Crippen LogP contribution in [0.5, 0.6) is 0 Å². The van der Waals surface area contributed by atoms with Gasteiger partial charge in [-0.15, -0.1) is 0 Å². The summed E-state index contributed by atoms with van der Waals surface area (Å²) in [6.45, 7) is 3.21. The number of amides is 1. The first kappa shape index (κ1) is 19.8. The van der Waals surface area contributed by atoms with Crippen molar-refractivity contribution in [2.45, 2.75) is 17.9 Å². The predicted molar refractivity (Wildman–Crippen MR) is 103 cm³/mol. The molecule has 1 unspecified atom stereocenters. The Morgan fingerprint density at radius 3 is 2.56 bits per heavy atom. The minimum atomic E-state index is -3.65. The number of hydrogen-bond donors (Lipinski definition) is 1. The van der Waals surface area contributed by atoms with E-state index in [0.29, 0.717) is 36.9 Å². The van der Waals surface area contributed by atoms with E-state index in [1.165, 1.54) is 16.4 Å². The molecule has 8 heteroatoms. The van der Waals surface area contributed by atoms with Gasteiger partial charge in [0.05, 0.1) is 24.2 Å². The van der Waals surface area contributed by atoms with Gasteiger partial charge in [-0.05, 0) is 42.8 Å². The van der Waals surface area contributed by atoms with Crippen molar-refractivity contribution in [1.29, 1.82) is 0 Å². The molecule has 0 radical (unpaired) electrons. The van der Waals surface area contributed by atoms with Crippen LogP contribution < -0.4 is 5.32 Å². The first-order chi connectivity index (χ1) is 12.9. The molecule has 0 aliphatic carbocycles. The third-order valence-corrected chi connectivity index (χ3v) is 6.53. The van der Waals surface area contributed by atoms with Crippen LogP contribution in [0, 0.1) is 0 Å². The highest BCUT2D eigenvalue weighted by atomic mass is 35.5. The fraction of sp³-hybridized carbons (Fsp3) is 0.316. The maximum Gasteiger partial charge on any atom is 0.251 e. The van der Waals surface area contributed by atoms with Crippen LogP contribution in [0.2, 0.25) is 5.02 Å². The fourth-order valence-corrected chi connectivity index (χ4v) is 4.53. The lowest BCUT2D eigenvalue weighted by Gasteiger charge is -2.26. The van der Waals surface area contributed by atoms with Gasteiger partial charge in [-0.3, -0.25) is 4.79 Å². The summed E-state index contributed by atoms with van der Waals surface area (Å²) in [5.74, 6) is -0.346. The highest BCUT2D eigenvalue weighted by molar-refractivity contribution is 7.89. The molecular formula is C19H21ClN2O4S. The van der Waals surface area contributed by atoms with E-state index >= 15 is 0 Å². The van der Waals surface area contributed by atoms with E-state index in [2.05, 4.69) is 5.32 Å². The summed E-state index contributed by atoms with van der Waals surface area (Å²) in [7, 11) is -3.65. The van der Waals surface area contributed by atoms with Gasteiger partial charge in [-0.25, -0.2) is 8.42 Å². The van der Waals surface area contributed by atoms with Crippen molar-refractivity contribution in [2.24, 2.45) is 0 Å². The van der Waals surface area contributed by atoms with Crippen LogP contribution in [0.15, 0.2) is 53.4 Å². The number of nitrogens with zero attached hydrogens (tertiary/aromatic N) is 1. The van der Waals surface area contributed by atoms with E-state index in [1.54, 1.807) is 24.3 Å². The fourth-order valence-electron chi connectivity index (χ4n) is 2.87. The molecule has 0 spiro atoms. The van der Waals surface area contributed by atoms with E-state index in [-0.39, 0.29) is 16.8 Å². The van der Waals surface area contributed by atoms with Crippen LogP contribution in [0.4, 0.5) is 0 Å². The number of ether oxygens (including phenoxy) is 1. The molecule has 1 N–H and O–H groups in total. The normalized spacial score (nSPS) is 16.7. The van der Waals surface area contributed by atoms with E-state index in [4.69, 9.17) is 16.3 Å². The molecule has 0 bridgehead atoms. The van der Waals surface area contributed by atoms with Gasteiger partial charge < -0.3 is 10.1 Å². The Kier molecular flexibility index (Phi) is 6.16. The minimum Gasteiger partial charge on any atom is -0.379 e. The number of sulfonamides is 1. The van der Waals surface area contributed by atoms with Gasteiger partial charge in [-0.1, -0.05) is 29.8 Å². The van der Waals surface area contributed by atoms with Gasteiger partial charge in [0.25, 0.3) is 5.91 Å². The predicted octanol–water partition coefficient (Wildman–Crippen LogP) is 2.85. The largest absolute Gasteiger partial charge is 0.379 e. The summed E-state index contributed by atoms with van der Waals surface area (Å²) in [6, 6.07) is 13.0. The van der Waals surface area contributed by atoms with Gasteiger partial charge in [0.1, 0.15) is 0 Å². The Hall–Kier alpha value is -1.93. The molecule has 3 rings (SSSR count). The van der Waals surface area contributed by atoms with Crippen LogP contribution in [-0.4, -0.2) is 44.9 Å². The molecule has 1 amide bonds. The summed E-state index contributed by atoms with van der Waals surface area (Å²) >= 11 is 5.99. The quantitative estimate of drug-likeness (QED) is 0.825. The van der Waals surface area contributed by atoms with Gasteiger partial charge in [0.15, 0.2) is 0 Å². The van der Waals surface area contributed by atoms with Crippen molar-refractivity contribution in [3.8, 4) is 0 Å². The average Bonchev–Trinajstić information content (AvgIpc) is 2.68. The molecule has 6 nitrogen and oxygen atoms in total. The number of benzene rings is 2. The Bertz CT molecular complexity index is 927. The minimum absolute atomic E-state index is 0.104. The molecule has 1 heterocycles. The summed E-state index contributed by atoms with van der Waals surface area (Å²) in [5, 5.41) is 3.46. The first-order valence-electron chi connectivity index (χ1n) is 8.62. The van der Waals surface area contributed by atoms with Crippen molar-refractivity contribution in [3.63, 3.8) is 0 Å². The van der Waals surface area contributed by atoms with Crippen LogP contribution in [0.3, 0.4) is 0 Å². The number of hydrogen-bond acceptors (Lipinski definition) is 4. The molecule has 1 atom stereocenters. The number of morpholine rings is 1. The lowest BCUT2D eigenvalue weighted by Crippen LogP contribution is -2.40. The number of nitrogens with one attached hydrogen (secondary N) is 1. The Balaban J connectivity index is 1.77. The van der Waals surface area contributed by atoms with Crippen molar-refractivity contribution in [3.05, 3.63) is 64.7 Å². The van der Waals surface area contributed by atoms with E-state index in [0.717, 1.165) is 5.56 Å². The zero-order chi connectivity index (χ0) is 19.4. The maximum atomic E-state index is 12.8. The van der Waals surface area contributed by atoms with E-state index < -0.39 is 10.0 Å². The maximum absolute atomic E-state index is 12.8. The monoisotopic (exact) mass is 408 g/mol. The molecule has 27 heavy (non-hydrogen) atoms. The molecule has 2 aromatic carbocycles. The second kappa shape index (κ2) is 8.39. The highest BCUT2D eigenvalue weighted by Gasteiger charge is 2.27. The van der Waals surface area contributed by atoms with Crippen LogP contribution >= 0.6 is 11.6 Å². The van der Waals surface area contributed by atoms with Crippen molar-refractivity contribution >= 4 is 27.5 Å². The van der Waals surface area contributed by atoms with Crippen molar-refractivity contribution < 1.29 is 17.9 Å². The van der Waals surface area contributed by atoms with E-state index in [9.17, 15) is 13.2 Å². The number of carbonyl (C=O) groups excluding carboxylic acids is 1. The molecule has 0 aromatic heterocycles. The van der Waals surface area contributed by atoms with Crippen molar-refractivity contribution in [2.75, 3.05) is 26.3 Å². The number of rotatable bonds is 5. The Morgan fingerprint density at radius 2 is 1.85 bits per heavy atom. The Morgan fingerprint density at radius 1 is 1.15 bits per heavy atom. The molecule has 1 fully saturated rings. The van der Waals surface area contributed by atoms with Gasteiger partial charge >= 0.3 is 0 Å². The lowest BCUT2D eigenvalue weighted by molar-refractivity contribution is 0.0730. The molecule has 144 valence electrons. The molecule has 2 aromatic rings. The lowest BCUT2D eigenvalue weighted by atomic mass is 10.1. The van der Waals surface area contributed by atoms with Gasteiger partial charge in [-0.2, -0.15) is 4.31 Å². The molecule has 1 aliphatic rings. The number of carbonyl (C=O) groups is 1. The standard InChI is InChI=1S/C19H21ClN2O4S/c1-14(15-4-2-6-17(20)12-15)21-19(23)16-5-3-7-18(13-16)27(24,25)22-8-10-26-11-9-22/h2-7,12-14H,8-11H2,1H3,(H,21,23). The zero-order valence-corrected chi connectivity index (χ0v) is 16.5. The Labute approximate surface area is 164 Å². The molecular weight excluding hydrogens is 388 g/mol. The highest BCUT2D eigenvalue weighted by Crippen LogP contribution is 2.20. The SMILES string of the molecule is CC(NC(=O)c1cccc(S(=O)(=O)N2CCOCC2)c1)c1cccc(Cl)c1. The average molecular weight is 409 g/mol. The molecule has 1 aliphatic heterocycles. The second-order valence-electron chi connectivity index (χ2n) is 6.29. The summed E-state index contributed by atoms with van der Waals surface area (Å²) in [5.41, 5.74) is 1.16. The number of halogens is 1. The van der Waals surface area contributed by atoms with Crippen LogP contribution in [0.1, 0.15) is 28.9 Å². The van der Waals surface area contributed by atoms with E-state index in [1.807, 2.05) is 19.1 Å². The summed E-state index contributed by atoms with van der Waals surface area (Å²) in [6.07, 6.45) is 0. The molecule has 0 saturated carbocycles. The molecule has 1 saturated heterocycles. The zero-order valence-electron chi connectivity index (χ0n) is 14.9. The van der Waals surface area contributed by atoms with Gasteiger partial charge in [0.2, 0.25) is 10.0 Å². The van der Waals surface area contributed by atoms with Crippen LogP contribution in [0.25, 0.3) is 0 Å². The third kappa shape index (κ3) is 4.68. The topological polar surface area (TPSA) is 75.7 Å². The van der Waals surface area contributed by atoms with Crippen LogP contribution in [-0.2, 0) is 14.8 Å². The third-order valence-electron chi connectivity index (χ3n) is 4.40. The summed E-state index contributed by atoms with van der Waals surface area (Å²) in [4.78, 5) is 12.7.